The third-order valence-corrected chi connectivity index (χ3v) is 3.09. The second-order valence-electron chi connectivity index (χ2n) is 4.30. The molecule has 5 heteroatoms. The van der Waals surface area contributed by atoms with Crippen molar-refractivity contribution in [1.82, 2.24) is 4.98 Å². The molecule has 0 unspecified atom stereocenters. The number of ketones is 1. The number of aromatic nitrogens is 1. The second kappa shape index (κ2) is 3.41. The minimum absolute atomic E-state index is 0.00671. The zero-order valence-corrected chi connectivity index (χ0v) is 8.97. The van der Waals surface area contributed by atoms with Crippen LogP contribution in [0.5, 0.6) is 0 Å². The quantitative estimate of drug-likeness (QED) is 0.500. The van der Waals surface area contributed by atoms with E-state index in [4.69, 9.17) is 0 Å². The minimum Gasteiger partial charge on any atom is -0.360 e. The van der Waals surface area contributed by atoms with Gasteiger partial charge in [0.2, 0.25) is 0 Å². The van der Waals surface area contributed by atoms with Gasteiger partial charge in [-0.15, -0.1) is 0 Å². The van der Waals surface area contributed by atoms with Crippen LogP contribution < -0.4 is 0 Å². The first-order valence-corrected chi connectivity index (χ1v) is 5.47. The number of fused-ring (bicyclic) bond motifs is 1. The molecule has 1 aromatic heterocycles. The number of hydrogen-bond donors (Lipinski definition) is 1. The van der Waals surface area contributed by atoms with Crippen LogP contribution in [0.3, 0.4) is 0 Å². The summed E-state index contributed by atoms with van der Waals surface area (Å²) in [7, 11) is 0. The van der Waals surface area contributed by atoms with Crippen molar-refractivity contribution in [3.05, 3.63) is 40.1 Å². The second-order valence-corrected chi connectivity index (χ2v) is 4.30. The van der Waals surface area contributed by atoms with Crippen LogP contribution in [0.1, 0.15) is 23.2 Å². The van der Waals surface area contributed by atoms with E-state index >= 15 is 0 Å². The summed E-state index contributed by atoms with van der Waals surface area (Å²) in [6.45, 7) is 0. The number of hydrogen-bond acceptors (Lipinski definition) is 3. The fourth-order valence-electron chi connectivity index (χ4n) is 2.08. The van der Waals surface area contributed by atoms with Crippen molar-refractivity contribution in [1.29, 1.82) is 0 Å². The van der Waals surface area contributed by atoms with Gasteiger partial charge >= 0.3 is 0 Å². The van der Waals surface area contributed by atoms with Gasteiger partial charge in [0.15, 0.2) is 5.78 Å². The van der Waals surface area contributed by atoms with Crippen molar-refractivity contribution in [2.45, 2.75) is 12.8 Å². The lowest BCUT2D eigenvalue weighted by Crippen LogP contribution is -2.01. The molecule has 2 aromatic rings. The summed E-state index contributed by atoms with van der Waals surface area (Å²) in [6.07, 6.45) is 3.37. The maximum absolute atomic E-state index is 12.0. The summed E-state index contributed by atoms with van der Waals surface area (Å²) in [5, 5.41) is 11.4. The average Bonchev–Trinajstić information content (AvgIpc) is 3.07. The van der Waals surface area contributed by atoms with Crippen molar-refractivity contribution in [3.8, 4) is 0 Å². The van der Waals surface area contributed by atoms with Crippen molar-refractivity contribution >= 4 is 22.4 Å². The summed E-state index contributed by atoms with van der Waals surface area (Å²) >= 11 is 0. The highest BCUT2D eigenvalue weighted by Crippen LogP contribution is 2.36. The number of nitrogens with zero attached hydrogens (tertiary/aromatic N) is 1. The molecule has 1 aliphatic carbocycles. The monoisotopic (exact) mass is 230 g/mol. The third-order valence-electron chi connectivity index (χ3n) is 3.09. The lowest BCUT2D eigenvalue weighted by Gasteiger charge is -1.98. The Kier molecular flexibility index (Phi) is 2.01. The molecule has 1 fully saturated rings. The van der Waals surface area contributed by atoms with Crippen LogP contribution in [0.25, 0.3) is 10.9 Å². The predicted octanol–water partition coefficient (Wildman–Crippen LogP) is 2.67. The molecule has 3 rings (SSSR count). The van der Waals surface area contributed by atoms with E-state index in [0.717, 1.165) is 12.8 Å². The van der Waals surface area contributed by atoms with Gasteiger partial charge in [0.05, 0.1) is 21.4 Å². The van der Waals surface area contributed by atoms with Gasteiger partial charge in [-0.3, -0.25) is 14.9 Å². The Morgan fingerprint density at radius 3 is 2.82 bits per heavy atom. The normalized spacial score (nSPS) is 15.1. The number of carbonyl (C=O) groups excluding carboxylic acids is 1. The summed E-state index contributed by atoms with van der Waals surface area (Å²) in [5.74, 6) is 0.0827. The molecule has 5 nitrogen and oxygen atoms in total. The standard InChI is InChI=1S/C12H10N2O3/c15-12(7-4-5-7)8-6-13-9-2-1-3-10(11(8)9)14(16)17/h1-3,6-7,13H,4-5H2. The number of benzene rings is 1. The largest absolute Gasteiger partial charge is 0.360 e. The lowest BCUT2D eigenvalue weighted by atomic mass is 10.0. The highest BCUT2D eigenvalue weighted by molar-refractivity contribution is 6.12. The highest BCUT2D eigenvalue weighted by Gasteiger charge is 2.33. The number of H-pyrrole nitrogens is 1. The number of nitro groups is 1. The van der Waals surface area contributed by atoms with Gasteiger partial charge in [-0.05, 0) is 18.9 Å². The molecule has 1 saturated carbocycles. The Morgan fingerprint density at radius 1 is 1.41 bits per heavy atom. The Hall–Kier alpha value is -2.17. The van der Waals surface area contributed by atoms with Crippen LogP contribution in [-0.2, 0) is 0 Å². The summed E-state index contributed by atoms with van der Waals surface area (Å²) in [6, 6.07) is 4.79. The van der Waals surface area contributed by atoms with Crippen molar-refractivity contribution in [2.75, 3.05) is 0 Å². The molecule has 0 spiro atoms. The van der Waals surface area contributed by atoms with Gasteiger partial charge in [-0.25, -0.2) is 0 Å². The molecule has 0 bridgehead atoms. The highest BCUT2D eigenvalue weighted by atomic mass is 16.6. The van der Waals surface area contributed by atoms with Crippen LogP contribution in [-0.4, -0.2) is 15.7 Å². The van der Waals surface area contributed by atoms with E-state index in [-0.39, 0.29) is 17.4 Å². The molecule has 1 N–H and O–H groups in total. The summed E-state index contributed by atoms with van der Waals surface area (Å²) in [4.78, 5) is 25.4. The van der Waals surface area contributed by atoms with E-state index < -0.39 is 4.92 Å². The van der Waals surface area contributed by atoms with Gasteiger partial charge in [0, 0.05) is 18.2 Å². The maximum Gasteiger partial charge on any atom is 0.279 e. The van der Waals surface area contributed by atoms with Crippen LogP contribution in [0.2, 0.25) is 0 Å². The maximum atomic E-state index is 12.0. The first kappa shape index (κ1) is 10.0. The van der Waals surface area contributed by atoms with Gasteiger partial charge in [0.25, 0.3) is 5.69 Å². The fourth-order valence-corrected chi connectivity index (χ4v) is 2.08. The molecule has 0 radical (unpaired) electrons. The molecule has 0 aliphatic heterocycles. The number of rotatable bonds is 3. The van der Waals surface area contributed by atoms with E-state index in [1.807, 2.05) is 0 Å². The molecule has 1 aromatic carbocycles. The van der Waals surface area contributed by atoms with Crippen molar-refractivity contribution < 1.29 is 9.72 Å². The van der Waals surface area contributed by atoms with Gasteiger partial charge in [0.1, 0.15) is 0 Å². The van der Waals surface area contributed by atoms with Gasteiger partial charge in [-0.1, -0.05) is 6.07 Å². The van der Waals surface area contributed by atoms with E-state index in [0.29, 0.717) is 16.5 Å². The molecule has 1 aliphatic rings. The molecule has 17 heavy (non-hydrogen) atoms. The molecule has 86 valence electrons. The van der Waals surface area contributed by atoms with Gasteiger partial charge in [-0.2, -0.15) is 0 Å². The molecule has 1 heterocycles. The smallest absolute Gasteiger partial charge is 0.279 e. The SMILES string of the molecule is O=C(c1c[nH]c2cccc([N+](=O)[O-])c12)C1CC1. The fraction of sp³-hybridized carbons (Fsp3) is 0.250. The van der Waals surface area contributed by atoms with Crippen LogP contribution in [0.15, 0.2) is 24.4 Å². The third kappa shape index (κ3) is 1.51. The number of nitro benzene ring substituents is 1. The minimum atomic E-state index is -0.445. The first-order chi connectivity index (χ1) is 8.18. The summed E-state index contributed by atoms with van der Waals surface area (Å²) < 4.78 is 0. The Morgan fingerprint density at radius 2 is 2.18 bits per heavy atom. The van der Waals surface area contributed by atoms with Crippen LogP contribution in [0, 0.1) is 16.0 Å². The number of carbonyl (C=O) groups is 1. The first-order valence-electron chi connectivity index (χ1n) is 5.47. The molecular weight excluding hydrogens is 220 g/mol. The number of aromatic amines is 1. The Bertz CT molecular complexity index is 626. The molecule has 0 atom stereocenters. The molecular formula is C12H10N2O3. The predicted molar refractivity (Wildman–Crippen MR) is 62.0 cm³/mol. The topological polar surface area (TPSA) is 76.0 Å². The van der Waals surface area contributed by atoms with Gasteiger partial charge < -0.3 is 4.98 Å². The van der Waals surface area contributed by atoms with Crippen molar-refractivity contribution in [3.63, 3.8) is 0 Å². The van der Waals surface area contributed by atoms with E-state index in [9.17, 15) is 14.9 Å². The lowest BCUT2D eigenvalue weighted by molar-refractivity contribution is -0.383. The molecule has 0 amide bonds. The van der Waals surface area contributed by atoms with Crippen molar-refractivity contribution in [2.24, 2.45) is 5.92 Å². The van der Waals surface area contributed by atoms with E-state index in [2.05, 4.69) is 4.98 Å². The number of Topliss-reactive ketones (excluding diaryl/α,β-unsaturated/α-hetero) is 1. The number of non-ortho nitro benzene ring substituents is 1. The van der Waals surface area contributed by atoms with Crippen LogP contribution >= 0.6 is 0 Å². The van der Waals surface area contributed by atoms with Crippen LogP contribution in [0.4, 0.5) is 5.69 Å². The Labute approximate surface area is 96.6 Å². The molecule has 0 saturated heterocycles. The number of nitrogens with one attached hydrogen (secondary N) is 1. The zero-order chi connectivity index (χ0) is 12.0. The summed E-state index contributed by atoms with van der Waals surface area (Å²) in [5.41, 5.74) is 1.09. The zero-order valence-electron chi connectivity index (χ0n) is 8.97. The average molecular weight is 230 g/mol. The Balaban J connectivity index is 2.24. The van der Waals surface area contributed by atoms with E-state index in [1.54, 1.807) is 18.3 Å². The van der Waals surface area contributed by atoms with E-state index in [1.165, 1.54) is 6.07 Å².